The van der Waals surface area contributed by atoms with E-state index in [0.717, 1.165) is 0 Å². The van der Waals surface area contributed by atoms with Crippen LogP contribution in [-0.2, 0) is 0 Å². The van der Waals surface area contributed by atoms with Crippen molar-refractivity contribution in [3.8, 4) is 0 Å². The van der Waals surface area contributed by atoms with E-state index in [4.69, 9.17) is 0 Å². The zero-order valence-electron chi connectivity index (χ0n) is 4.97. The fraction of sp³-hybridized carbons (Fsp3) is 0. The van der Waals surface area contributed by atoms with Crippen molar-refractivity contribution in [2.24, 2.45) is 0 Å². The highest BCUT2D eigenvalue weighted by molar-refractivity contribution is 5.69. The van der Waals surface area contributed by atoms with Gasteiger partial charge in [-0.15, -0.1) is 10.2 Å². The quantitative estimate of drug-likeness (QED) is 0.498. The van der Waals surface area contributed by atoms with Crippen LogP contribution in [0.3, 0.4) is 0 Å². The maximum atomic E-state index is 3.91. The van der Waals surface area contributed by atoms with Gasteiger partial charge in [0.2, 0.25) is 0 Å². The predicted octanol–water partition coefficient (Wildman–Crippen LogP) is -0.185. The molecule has 10 heavy (non-hydrogen) atoms. The molecule has 2 aromatic heterocycles. The van der Waals surface area contributed by atoms with Gasteiger partial charge in [0.1, 0.15) is 17.4 Å². The zero-order chi connectivity index (χ0) is 6.81. The molecule has 2 heterocycles. The molecule has 0 N–H and O–H groups in total. The molecule has 0 aliphatic carbocycles. The minimum absolute atomic E-state index is 0.664. The molecular formula is C5H3N5. The highest BCUT2D eigenvalue weighted by Crippen LogP contribution is 1.98. The molecular weight excluding hydrogens is 130 g/mol. The van der Waals surface area contributed by atoms with E-state index in [2.05, 4.69) is 25.4 Å². The molecule has 0 atom stereocenters. The summed E-state index contributed by atoms with van der Waals surface area (Å²) in [5.41, 5.74) is 1.38. The van der Waals surface area contributed by atoms with Crippen molar-refractivity contribution in [1.82, 2.24) is 25.4 Å². The van der Waals surface area contributed by atoms with Crippen LogP contribution >= 0.6 is 0 Å². The average Bonchev–Trinajstić information content (AvgIpc) is 2.05. The second kappa shape index (κ2) is 1.94. The molecule has 0 saturated carbocycles. The van der Waals surface area contributed by atoms with Gasteiger partial charge >= 0.3 is 0 Å². The topological polar surface area (TPSA) is 64.5 Å². The van der Waals surface area contributed by atoms with Crippen LogP contribution in [0.2, 0.25) is 0 Å². The number of fused-ring (bicyclic) bond motifs is 1. The van der Waals surface area contributed by atoms with Crippen LogP contribution in [0.25, 0.3) is 11.0 Å². The summed E-state index contributed by atoms with van der Waals surface area (Å²) in [5.74, 6) is 0. The van der Waals surface area contributed by atoms with Crippen molar-refractivity contribution in [2.45, 2.75) is 0 Å². The van der Waals surface area contributed by atoms with E-state index >= 15 is 0 Å². The van der Waals surface area contributed by atoms with Gasteiger partial charge < -0.3 is 0 Å². The molecule has 0 unspecified atom stereocenters. The maximum Gasteiger partial charge on any atom is 0.138 e. The lowest BCUT2D eigenvalue weighted by molar-refractivity contribution is 0.979. The summed E-state index contributed by atoms with van der Waals surface area (Å²) in [4.78, 5) is 3.91. The van der Waals surface area contributed by atoms with Gasteiger partial charge in [-0.3, -0.25) is 0 Å². The monoisotopic (exact) mass is 133 g/mol. The van der Waals surface area contributed by atoms with E-state index in [9.17, 15) is 0 Å². The number of nitrogens with zero attached hydrogens (tertiary/aromatic N) is 5. The molecule has 2 rings (SSSR count). The van der Waals surface area contributed by atoms with Crippen molar-refractivity contribution in [1.29, 1.82) is 0 Å². The number of hydrogen-bond donors (Lipinski definition) is 0. The molecule has 0 saturated heterocycles. The molecule has 0 aliphatic rings. The lowest BCUT2D eigenvalue weighted by Crippen LogP contribution is -1.88. The third kappa shape index (κ3) is 0.680. The Kier molecular flexibility index (Phi) is 1.00. The second-order valence-electron chi connectivity index (χ2n) is 1.72. The second-order valence-corrected chi connectivity index (χ2v) is 1.72. The van der Waals surface area contributed by atoms with Crippen molar-refractivity contribution in [2.75, 3.05) is 0 Å². The SMILES string of the molecule is c1nnc2cnncc2n1. The van der Waals surface area contributed by atoms with Crippen LogP contribution in [0, 0.1) is 0 Å². The Balaban J connectivity index is 2.89. The highest BCUT2D eigenvalue weighted by Gasteiger charge is 1.91. The first-order valence-corrected chi connectivity index (χ1v) is 2.71. The average molecular weight is 133 g/mol. The molecule has 2 aromatic rings. The Morgan fingerprint density at radius 1 is 0.900 bits per heavy atom. The molecule has 0 amide bonds. The van der Waals surface area contributed by atoms with E-state index < -0.39 is 0 Å². The Hall–Kier alpha value is -1.65. The molecule has 0 bridgehead atoms. The molecule has 5 nitrogen and oxygen atoms in total. The molecule has 0 aromatic carbocycles. The largest absolute Gasteiger partial charge is 0.231 e. The van der Waals surface area contributed by atoms with Gasteiger partial charge in [-0.1, -0.05) is 0 Å². The van der Waals surface area contributed by atoms with Gasteiger partial charge in [-0.2, -0.15) is 10.2 Å². The third-order valence-corrected chi connectivity index (χ3v) is 1.10. The summed E-state index contributed by atoms with van der Waals surface area (Å²) >= 11 is 0. The summed E-state index contributed by atoms with van der Waals surface area (Å²) in [6.07, 6.45) is 4.45. The minimum Gasteiger partial charge on any atom is -0.231 e. The molecule has 48 valence electrons. The molecule has 0 aliphatic heterocycles. The molecule has 0 fully saturated rings. The van der Waals surface area contributed by atoms with Crippen molar-refractivity contribution in [3.63, 3.8) is 0 Å². The number of hydrogen-bond acceptors (Lipinski definition) is 5. The van der Waals surface area contributed by atoms with Gasteiger partial charge in [0.05, 0.1) is 12.4 Å². The van der Waals surface area contributed by atoms with Crippen LogP contribution in [-0.4, -0.2) is 25.4 Å². The van der Waals surface area contributed by atoms with Crippen LogP contribution < -0.4 is 0 Å². The first-order valence-electron chi connectivity index (χ1n) is 2.71. The lowest BCUT2D eigenvalue weighted by Gasteiger charge is -1.87. The molecule has 0 spiro atoms. The summed E-state index contributed by atoms with van der Waals surface area (Å²) in [6, 6.07) is 0. The summed E-state index contributed by atoms with van der Waals surface area (Å²) < 4.78 is 0. The highest BCUT2D eigenvalue weighted by atomic mass is 15.2. The fourth-order valence-corrected chi connectivity index (χ4v) is 0.661. The van der Waals surface area contributed by atoms with Crippen molar-refractivity contribution >= 4 is 11.0 Å². The maximum absolute atomic E-state index is 3.91. The molecule has 5 heteroatoms. The van der Waals surface area contributed by atoms with Crippen molar-refractivity contribution in [3.05, 3.63) is 18.7 Å². The Morgan fingerprint density at radius 2 is 1.70 bits per heavy atom. The van der Waals surface area contributed by atoms with Gasteiger partial charge in [-0.05, 0) is 0 Å². The van der Waals surface area contributed by atoms with Crippen LogP contribution in [0.15, 0.2) is 18.7 Å². The zero-order valence-corrected chi connectivity index (χ0v) is 4.97. The standard InChI is InChI=1S/C5H3N5/c1-4-5(2-8-7-1)10-9-3-6-4/h1-3H. The van der Waals surface area contributed by atoms with Crippen LogP contribution in [0.4, 0.5) is 0 Å². The fourth-order valence-electron chi connectivity index (χ4n) is 0.661. The van der Waals surface area contributed by atoms with Crippen LogP contribution in [0.5, 0.6) is 0 Å². The van der Waals surface area contributed by atoms with E-state index in [0.29, 0.717) is 11.0 Å². The minimum atomic E-state index is 0.664. The summed E-state index contributed by atoms with van der Waals surface area (Å²) in [6.45, 7) is 0. The number of rotatable bonds is 0. The Labute approximate surface area is 56.1 Å². The normalized spacial score (nSPS) is 10.0. The molecule has 0 radical (unpaired) electrons. The Morgan fingerprint density at radius 3 is 2.50 bits per heavy atom. The van der Waals surface area contributed by atoms with Crippen LogP contribution in [0.1, 0.15) is 0 Å². The number of aromatic nitrogens is 5. The van der Waals surface area contributed by atoms with E-state index in [1.165, 1.54) is 12.5 Å². The Bertz CT molecular complexity index is 281. The van der Waals surface area contributed by atoms with E-state index in [1.54, 1.807) is 6.20 Å². The van der Waals surface area contributed by atoms with Gasteiger partial charge in [-0.25, -0.2) is 4.98 Å². The van der Waals surface area contributed by atoms with Gasteiger partial charge in [0.25, 0.3) is 0 Å². The predicted molar refractivity (Wildman–Crippen MR) is 32.9 cm³/mol. The van der Waals surface area contributed by atoms with E-state index in [-0.39, 0.29) is 0 Å². The smallest absolute Gasteiger partial charge is 0.138 e. The summed E-state index contributed by atoms with van der Waals surface area (Å²) in [5, 5.41) is 14.6. The lowest BCUT2D eigenvalue weighted by atomic mass is 10.5. The van der Waals surface area contributed by atoms with Gasteiger partial charge in [0.15, 0.2) is 0 Å². The summed E-state index contributed by atoms with van der Waals surface area (Å²) in [7, 11) is 0. The van der Waals surface area contributed by atoms with E-state index in [1.807, 2.05) is 0 Å². The van der Waals surface area contributed by atoms with Gasteiger partial charge in [0, 0.05) is 0 Å². The first kappa shape index (κ1) is 5.16. The van der Waals surface area contributed by atoms with Crippen molar-refractivity contribution < 1.29 is 0 Å². The third-order valence-electron chi connectivity index (χ3n) is 1.10. The first-order chi connectivity index (χ1) is 4.97.